The predicted molar refractivity (Wildman–Crippen MR) is 76.1 cm³/mol. The summed E-state index contributed by atoms with van der Waals surface area (Å²) in [4.78, 5) is 21.0. The molecule has 19 heavy (non-hydrogen) atoms. The van der Waals surface area contributed by atoms with Crippen molar-refractivity contribution in [3.05, 3.63) is 40.5 Å². The first kappa shape index (κ1) is 13.5. The zero-order valence-electron chi connectivity index (χ0n) is 10.9. The van der Waals surface area contributed by atoms with Crippen LogP contribution in [0, 0.1) is 0 Å². The molecular weight excluding hydrogens is 260 g/mol. The molecule has 0 fully saturated rings. The number of nitrogens with one attached hydrogen (secondary N) is 1. The summed E-state index contributed by atoms with van der Waals surface area (Å²) in [5, 5.41) is 4.89. The molecule has 0 bridgehead atoms. The third-order valence-corrected chi connectivity index (χ3v) is 4.00. The second-order valence-corrected chi connectivity index (χ2v) is 5.82. The standard InChI is InChI=1S/C13H16N4OS/c1-13(2,10-4-3-5-19-10)8-16-12(18)9-6-15-7-11(14)17-9/h3-7H,8H2,1-2H3,(H2,14,17)(H,16,18). The maximum atomic E-state index is 11.9. The number of hydrogen-bond acceptors (Lipinski definition) is 5. The molecule has 0 saturated carbocycles. The Morgan fingerprint density at radius 2 is 2.26 bits per heavy atom. The molecule has 100 valence electrons. The Hall–Kier alpha value is -1.95. The van der Waals surface area contributed by atoms with Gasteiger partial charge in [-0.25, -0.2) is 4.98 Å². The molecule has 0 aromatic carbocycles. The van der Waals surface area contributed by atoms with Crippen molar-refractivity contribution >= 4 is 23.1 Å². The highest BCUT2D eigenvalue weighted by Crippen LogP contribution is 2.26. The average Bonchev–Trinajstić information content (AvgIpc) is 2.90. The third-order valence-electron chi connectivity index (χ3n) is 2.76. The molecule has 0 aliphatic heterocycles. The molecule has 2 heterocycles. The van der Waals surface area contributed by atoms with E-state index in [-0.39, 0.29) is 22.8 Å². The molecule has 0 radical (unpaired) electrons. The fraction of sp³-hybridized carbons (Fsp3) is 0.308. The molecule has 0 aliphatic rings. The van der Waals surface area contributed by atoms with Gasteiger partial charge in [-0.15, -0.1) is 11.3 Å². The van der Waals surface area contributed by atoms with Crippen LogP contribution in [-0.4, -0.2) is 22.4 Å². The van der Waals surface area contributed by atoms with E-state index in [1.54, 1.807) is 11.3 Å². The Kier molecular flexibility index (Phi) is 3.80. The summed E-state index contributed by atoms with van der Waals surface area (Å²) in [6.45, 7) is 4.71. The van der Waals surface area contributed by atoms with E-state index >= 15 is 0 Å². The molecule has 2 rings (SSSR count). The van der Waals surface area contributed by atoms with Gasteiger partial charge in [0.15, 0.2) is 0 Å². The Bertz CT molecular complexity index is 566. The number of rotatable bonds is 4. The van der Waals surface area contributed by atoms with Crippen LogP contribution in [0.25, 0.3) is 0 Å². The van der Waals surface area contributed by atoms with Gasteiger partial charge in [-0.05, 0) is 11.4 Å². The molecule has 1 amide bonds. The molecule has 0 saturated heterocycles. The lowest BCUT2D eigenvalue weighted by Gasteiger charge is -2.23. The molecule has 6 heteroatoms. The zero-order valence-corrected chi connectivity index (χ0v) is 11.7. The first-order valence-electron chi connectivity index (χ1n) is 5.89. The van der Waals surface area contributed by atoms with Crippen LogP contribution in [-0.2, 0) is 5.41 Å². The second kappa shape index (κ2) is 5.36. The summed E-state index contributed by atoms with van der Waals surface area (Å²) in [5.41, 5.74) is 5.63. The molecule has 3 N–H and O–H groups in total. The van der Waals surface area contributed by atoms with Crippen molar-refractivity contribution in [2.75, 3.05) is 12.3 Å². The van der Waals surface area contributed by atoms with E-state index in [1.807, 2.05) is 11.4 Å². The molecule has 0 unspecified atom stereocenters. The second-order valence-electron chi connectivity index (χ2n) is 4.87. The van der Waals surface area contributed by atoms with Crippen molar-refractivity contribution in [1.29, 1.82) is 0 Å². The highest BCUT2D eigenvalue weighted by molar-refractivity contribution is 7.10. The number of nitrogens with two attached hydrogens (primary N) is 1. The lowest BCUT2D eigenvalue weighted by atomic mass is 9.91. The number of nitrogens with zero attached hydrogens (tertiary/aromatic N) is 2. The van der Waals surface area contributed by atoms with Crippen LogP contribution in [0.3, 0.4) is 0 Å². The number of thiophene rings is 1. The van der Waals surface area contributed by atoms with E-state index in [0.717, 1.165) is 0 Å². The third kappa shape index (κ3) is 3.29. The van der Waals surface area contributed by atoms with Gasteiger partial charge in [0.25, 0.3) is 5.91 Å². The first-order chi connectivity index (χ1) is 8.99. The van der Waals surface area contributed by atoms with Gasteiger partial charge in [0, 0.05) is 16.8 Å². The highest BCUT2D eigenvalue weighted by atomic mass is 32.1. The number of anilines is 1. The lowest BCUT2D eigenvalue weighted by Crippen LogP contribution is -2.36. The quantitative estimate of drug-likeness (QED) is 0.892. The van der Waals surface area contributed by atoms with Gasteiger partial charge in [0.05, 0.1) is 12.4 Å². The van der Waals surface area contributed by atoms with Gasteiger partial charge in [0.2, 0.25) is 0 Å². The monoisotopic (exact) mass is 276 g/mol. The number of carbonyl (C=O) groups is 1. The molecule has 5 nitrogen and oxygen atoms in total. The summed E-state index contributed by atoms with van der Waals surface area (Å²) in [6, 6.07) is 4.07. The minimum atomic E-state index is -0.260. The zero-order chi connectivity index (χ0) is 13.9. The Morgan fingerprint density at radius 1 is 1.47 bits per heavy atom. The number of carbonyl (C=O) groups excluding carboxylic acids is 1. The Morgan fingerprint density at radius 3 is 2.89 bits per heavy atom. The summed E-state index contributed by atoms with van der Waals surface area (Å²) in [7, 11) is 0. The van der Waals surface area contributed by atoms with Crippen molar-refractivity contribution < 1.29 is 4.79 Å². The van der Waals surface area contributed by atoms with Gasteiger partial charge in [-0.1, -0.05) is 19.9 Å². The van der Waals surface area contributed by atoms with Crippen LogP contribution < -0.4 is 11.1 Å². The van der Waals surface area contributed by atoms with E-state index in [9.17, 15) is 4.79 Å². The maximum absolute atomic E-state index is 11.9. The molecule has 2 aromatic rings. The van der Waals surface area contributed by atoms with Gasteiger partial charge in [-0.2, -0.15) is 0 Å². The van der Waals surface area contributed by atoms with E-state index in [2.05, 4.69) is 35.2 Å². The predicted octanol–water partition coefficient (Wildman–Crippen LogP) is 1.83. The first-order valence-corrected chi connectivity index (χ1v) is 6.77. The van der Waals surface area contributed by atoms with Crippen molar-refractivity contribution in [2.24, 2.45) is 0 Å². The summed E-state index contributed by atoms with van der Waals surface area (Å²) < 4.78 is 0. The molecule has 2 aromatic heterocycles. The van der Waals surface area contributed by atoms with Crippen molar-refractivity contribution in [1.82, 2.24) is 15.3 Å². The van der Waals surface area contributed by atoms with E-state index in [4.69, 9.17) is 5.73 Å². The van der Waals surface area contributed by atoms with Gasteiger partial charge in [0.1, 0.15) is 11.5 Å². The molecule has 0 atom stereocenters. The lowest BCUT2D eigenvalue weighted by molar-refractivity contribution is 0.0940. The fourth-order valence-electron chi connectivity index (χ4n) is 1.63. The fourth-order valence-corrected chi connectivity index (χ4v) is 2.49. The molecule has 0 aliphatic carbocycles. The molecule has 0 spiro atoms. The van der Waals surface area contributed by atoms with E-state index < -0.39 is 0 Å². The number of hydrogen-bond donors (Lipinski definition) is 2. The van der Waals surface area contributed by atoms with E-state index in [1.165, 1.54) is 17.3 Å². The van der Waals surface area contributed by atoms with Crippen molar-refractivity contribution in [3.63, 3.8) is 0 Å². The highest BCUT2D eigenvalue weighted by Gasteiger charge is 2.23. The van der Waals surface area contributed by atoms with Gasteiger partial charge < -0.3 is 11.1 Å². The van der Waals surface area contributed by atoms with Crippen LogP contribution in [0.15, 0.2) is 29.9 Å². The SMILES string of the molecule is CC(C)(CNC(=O)c1cncc(N)n1)c1cccs1. The maximum Gasteiger partial charge on any atom is 0.271 e. The summed E-state index contributed by atoms with van der Waals surface area (Å²) >= 11 is 1.68. The molecular formula is C13H16N4OS. The van der Waals surface area contributed by atoms with Crippen LogP contribution >= 0.6 is 11.3 Å². The van der Waals surface area contributed by atoms with Crippen molar-refractivity contribution in [3.8, 4) is 0 Å². The number of nitrogen functional groups attached to an aromatic ring is 1. The van der Waals surface area contributed by atoms with Crippen LogP contribution in [0.1, 0.15) is 29.2 Å². The minimum Gasteiger partial charge on any atom is -0.382 e. The smallest absolute Gasteiger partial charge is 0.271 e. The topological polar surface area (TPSA) is 80.9 Å². The van der Waals surface area contributed by atoms with Crippen LogP contribution in [0.2, 0.25) is 0 Å². The normalized spacial score (nSPS) is 11.3. The number of amides is 1. The Balaban J connectivity index is 2.01. The Labute approximate surface area is 115 Å². The number of aromatic nitrogens is 2. The average molecular weight is 276 g/mol. The van der Waals surface area contributed by atoms with E-state index in [0.29, 0.717) is 6.54 Å². The van der Waals surface area contributed by atoms with Gasteiger partial charge >= 0.3 is 0 Å². The summed E-state index contributed by atoms with van der Waals surface area (Å²) in [6.07, 6.45) is 2.82. The van der Waals surface area contributed by atoms with Crippen molar-refractivity contribution in [2.45, 2.75) is 19.3 Å². The largest absolute Gasteiger partial charge is 0.382 e. The van der Waals surface area contributed by atoms with Crippen LogP contribution in [0.5, 0.6) is 0 Å². The van der Waals surface area contributed by atoms with Gasteiger partial charge in [-0.3, -0.25) is 9.78 Å². The van der Waals surface area contributed by atoms with Crippen LogP contribution in [0.4, 0.5) is 5.82 Å². The summed E-state index contributed by atoms with van der Waals surface area (Å²) in [5.74, 6) is -0.0189. The minimum absolute atomic E-state index is 0.114.